The Morgan fingerprint density at radius 3 is 1.78 bits per heavy atom. The summed E-state index contributed by atoms with van der Waals surface area (Å²) in [5.41, 5.74) is 0. The molecule has 2 radical (unpaired) electrons. The molecule has 0 spiro atoms. The van der Waals surface area contributed by atoms with E-state index in [0.717, 1.165) is 37.5 Å². The van der Waals surface area contributed by atoms with Gasteiger partial charge in [0.25, 0.3) is 0 Å². The summed E-state index contributed by atoms with van der Waals surface area (Å²) >= 11 is 0. The molecule has 2 atom stereocenters. The molecule has 2 unspecified atom stereocenters. The number of unbranched alkanes of at least 4 members (excludes halogenated alkanes) is 11. The zero-order valence-electron chi connectivity index (χ0n) is 19.0. The Labute approximate surface area is 173 Å². The predicted molar refractivity (Wildman–Crippen MR) is 125 cm³/mol. The minimum absolute atomic E-state index is 0.876. The Balaban J connectivity index is 3.56. The van der Waals surface area contributed by atoms with Crippen LogP contribution in [0, 0.1) is 37.5 Å². The normalized spacial score (nSPS) is 13.2. The quantitative estimate of drug-likeness (QED) is 0.156. The average Bonchev–Trinajstić information content (AvgIpc) is 2.68. The first-order valence-corrected chi connectivity index (χ1v) is 12.3. The Hall–Kier alpha value is -0.440. The second-order valence-corrected chi connectivity index (χ2v) is 8.63. The van der Waals surface area contributed by atoms with E-state index in [4.69, 9.17) is 0 Å². The SMILES string of the molecule is [CH2]CCCCCC#CCCCC(C)CCC(CC)CCCCCCCC[CH2]. The van der Waals surface area contributed by atoms with Crippen molar-refractivity contribution in [3.63, 3.8) is 0 Å². The van der Waals surface area contributed by atoms with Crippen molar-refractivity contribution < 1.29 is 0 Å². The summed E-state index contributed by atoms with van der Waals surface area (Å²) in [4.78, 5) is 0. The molecule has 0 heteroatoms. The maximum atomic E-state index is 3.92. The van der Waals surface area contributed by atoms with Crippen LogP contribution in [-0.4, -0.2) is 0 Å². The zero-order valence-corrected chi connectivity index (χ0v) is 19.0. The Morgan fingerprint density at radius 2 is 1.15 bits per heavy atom. The van der Waals surface area contributed by atoms with Gasteiger partial charge in [-0.1, -0.05) is 118 Å². The van der Waals surface area contributed by atoms with Gasteiger partial charge in [0, 0.05) is 12.8 Å². The third-order valence-corrected chi connectivity index (χ3v) is 5.93. The molecule has 0 saturated heterocycles. The number of hydrogen-bond acceptors (Lipinski definition) is 0. The standard InChI is InChI=1S/C27H50/c1-5-8-10-12-14-15-17-18-20-22-26(4)24-25-27(7-3)23-21-19-16-13-11-9-6-2/h26-27H,1-2,5-14,16,18-25H2,3-4H3. The van der Waals surface area contributed by atoms with E-state index in [1.807, 2.05) is 0 Å². The molecular formula is C27H50. The first-order valence-electron chi connectivity index (χ1n) is 12.3. The molecule has 0 heterocycles. The Bertz CT molecular complexity index is 332. The van der Waals surface area contributed by atoms with Crippen molar-refractivity contribution in [1.29, 1.82) is 0 Å². The van der Waals surface area contributed by atoms with Crippen LogP contribution in [0.25, 0.3) is 0 Å². The fraction of sp³-hybridized carbons (Fsp3) is 0.852. The van der Waals surface area contributed by atoms with Gasteiger partial charge in [0.15, 0.2) is 0 Å². The molecule has 0 aromatic heterocycles. The van der Waals surface area contributed by atoms with Crippen molar-refractivity contribution in [2.24, 2.45) is 11.8 Å². The van der Waals surface area contributed by atoms with Gasteiger partial charge in [-0.25, -0.2) is 0 Å². The van der Waals surface area contributed by atoms with Crippen LogP contribution in [0.15, 0.2) is 0 Å². The molecule has 0 fully saturated rings. The van der Waals surface area contributed by atoms with E-state index in [1.54, 1.807) is 0 Å². The highest BCUT2D eigenvalue weighted by molar-refractivity contribution is 4.98. The van der Waals surface area contributed by atoms with Crippen molar-refractivity contribution in [2.75, 3.05) is 0 Å². The van der Waals surface area contributed by atoms with Crippen LogP contribution >= 0.6 is 0 Å². The van der Waals surface area contributed by atoms with Gasteiger partial charge in [-0.2, -0.15) is 0 Å². The molecule has 0 rings (SSSR count). The van der Waals surface area contributed by atoms with Gasteiger partial charge in [0.2, 0.25) is 0 Å². The third-order valence-electron chi connectivity index (χ3n) is 5.93. The van der Waals surface area contributed by atoms with Crippen LogP contribution in [0.4, 0.5) is 0 Å². The molecule has 158 valence electrons. The van der Waals surface area contributed by atoms with Gasteiger partial charge in [0.1, 0.15) is 0 Å². The molecule has 27 heavy (non-hydrogen) atoms. The summed E-state index contributed by atoms with van der Waals surface area (Å²) in [5.74, 6) is 8.56. The van der Waals surface area contributed by atoms with Crippen LogP contribution in [-0.2, 0) is 0 Å². The lowest BCUT2D eigenvalue weighted by Crippen LogP contribution is -2.03. The lowest BCUT2D eigenvalue weighted by molar-refractivity contribution is 0.355. The van der Waals surface area contributed by atoms with Crippen molar-refractivity contribution in [2.45, 2.75) is 136 Å². The van der Waals surface area contributed by atoms with E-state index in [1.165, 1.54) is 96.3 Å². The van der Waals surface area contributed by atoms with Gasteiger partial charge >= 0.3 is 0 Å². The molecular weight excluding hydrogens is 324 g/mol. The minimum Gasteiger partial charge on any atom is -0.103 e. The molecule has 0 amide bonds. The number of rotatable bonds is 19. The van der Waals surface area contributed by atoms with E-state index >= 15 is 0 Å². The predicted octanol–water partition coefficient (Wildman–Crippen LogP) is 9.34. The van der Waals surface area contributed by atoms with Gasteiger partial charge in [0.05, 0.1) is 0 Å². The molecule has 0 aliphatic heterocycles. The van der Waals surface area contributed by atoms with Crippen LogP contribution in [0.2, 0.25) is 0 Å². The Morgan fingerprint density at radius 1 is 0.593 bits per heavy atom. The maximum absolute atomic E-state index is 3.92. The molecule has 0 bridgehead atoms. The molecule has 0 aromatic carbocycles. The van der Waals surface area contributed by atoms with Crippen molar-refractivity contribution in [1.82, 2.24) is 0 Å². The van der Waals surface area contributed by atoms with Gasteiger partial charge in [-0.05, 0) is 31.1 Å². The molecule has 0 aromatic rings. The van der Waals surface area contributed by atoms with Crippen LogP contribution in [0.3, 0.4) is 0 Å². The smallest absolute Gasteiger partial charge is 0.00887 e. The highest BCUT2D eigenvalue weighted by Gasteiger charge is 2.09. The van der Waals surface area contributed by atoms with Gasteiger partial charge in [-0.15, -0.1) is 11.8 Å². The summed E-state index contributed by atoms with van der Waals surface area (Å²) < 4.78 is 0. The first kappa shape index (κ1) is 26.6. The highest BCUT2D eigenvalue weighted by atomic mass is 14.1. The largest absolute Gasteiger partial charge is 0.103 e. The van der Waals surface area contributed by atoms with Gasteiger partial charge in [-0.3, -0.25) is 0 Å². The molecule has 0 nitrogen and oxygen atoms in total. The number of hydrogen-bond donors (Lipinski definition) is 0. The van der Waals surface area contributed by atoms with Crippen molar-refractivity contribution >= 4 is 0 Å². The van der Waals surface area contributed by atoms with Crippen molar-refractivity contribution in [3.8, 4) is 11.8 Å². The van der Waals surface area contributed by atoms with Crippen LogP contribution < -0.4 is 0 Å². The molecule has 0 aliphatic carbocycles. The average molecular weight is 375 g/mol. The van der Waals surface area contributed by atoms with E-state index in [2.05, 4.69) is 39.5 Å². The first-order chi connectivity index (χ1) is 13.2. The van der Waals surface area contributed by atoms with Crippen LogP contribution in [0.5, 0.6) is 0 Å². The molecule has 0 aliphatic rings. The fourth-order valence-electron chi connectivity index (χ4n) is 3.82. The summed E-state index contributed by atoms with van der Waals surface area (Å²) in [6, 6.07) is 0. The topological polar surface area (TPSA) is 0 Å². The van der Waals surface area contributed by atoms with Gasteiger partial charge < -0.3 is 0 Å². The monoisotopic (exact) mass is 374 g/mol. The molecule has 0 N–H and O–H groups in total. The van der Waals surface area contributed by atoms with Crippen LogP contribution in [0.1, 0.15) is 136 Å². The zero-order chi connectivity index (χ0) is 20.0. The highest BCUT2D eigenvalue weighted by Crippen LogP contribution is 2.24. The lowest BCUT2D eigenvalue weighted by atomic mass is 9.89. The van der Waals surface area contributed by atoms with Crippen molar-refractivity contribution in [3.05, 3.63) is 13.8 Å². The maximum Gasteiger partial charge on any atom is 0.00887 e. The lowest BCUT2D eigenvalue weighted by Gasteiger charge is -2.17. The molecule has 0 saturated carbocycles. The van der Waals surface area contributed by atoms with E-state index in [-0.39, 0.29) is 0 Å². The summed E-state index contributed by atoms with van der Waals surface area (Å²) in [6.45, 7) is 12.6. The Kier molecular flexibility index (Phi) is 21.5. The third kappa shape index (κ3) is 20.1. The fourth-order valence-corrected chi connectivity index (χ4v) is 3.82. The second kappa shape index (κ2) is 21.9. The summed E-state index contributed by atoms with van der Waals surface area (Å²) in [5, 5.41) is 0. The van der Waals surface area contributed by atoms with E-state index in [0.29, 0.717) is 0 Å². The summed E-state index contributed by atoms with van der Waals surface area (Å²) in [7, 11) is 0. The van der Waals surface area contributed by atoms with E-state index < -0.39 is 0 Å². The second-order valence-electron chi connectivity index (χ2n) is 8.63. The minimum atomic E-state index is 0.876. The van der Waals surface area contributed by atoms with E-state index in [9.17, 15) is 0 Å². The summed E-state index contributed by atoms with van der Waals surface area (Å²) in [6.07, 6.45) is 25.0.